The molecule has 1 N–H and O–H groups in total. The molecule has 3 rings (SSSR count). The van der Waals surface area contributed by atoms with Crippen LogP contribution in [0.3, 0.4) is 0 Å². The highest BCUT2D eigenvalue weighted by atomic mass is 16.5. The number of aryl methyl sites for hydroxylation is 1. The van der Waals surface area contributed by atoms with Crippen LogP contribution in [0.25, 0.3) is 0 Å². The zero-order chi connectivity index (χ0) is 9.43. The Morgan fingerprint density at radius 3 is 3.29 bits per heavy atom. The van der Waals surface area contributed by atoms with Crippen molar-refractivity contribution in [3.63, 3.8) is 0 Å². The predicted octanol–water partition coefficient (Wildman–Crippen LogP) is 1.43. The fourth-order valence-electron chi connectivity index (χ4n) is 2.60. The molecule has 2 aliphatic rings. The van der Waals surface area contributed by atoms with E-state index in [0.717, 1.165) is 38.3 Å². The highest BCUT2D eigenvalue weighted by molar-refractivity contribution is 5.29. The first-order valence-electron chi connectivity index (χ1n) is 5.32. The van der Waals surface area contributed by atoms with E-state index in [1.807, 2.05) is 0 Å². The van der Waals surface area contributed by atoms with Crippen molar-refractivity contribution >= 4 is 0 Å². The van der Waals surface area contributed by atoms with Gasteiger partial charge in [-0.25, -0.2) is 0 Å². The molecule has 1 spiro atoms. The molecule has 1 aliphatic heterocycles. The molecule has 1 unspecified atom stereocenters. The molecule has 1 fully saturated rings. The number of furan rings is 1. The van der Waals surface area contributed by atoms with E-state index in [0.29, 0.717) is 0 Å². The SMILES string of the molecule is c1cc2c(o1)CCCC21CNCCO1. The molecule has 0 aromatic carbocycles. The molecule has 1 saturated heterocycles. The maximum Gasteiger partial charge on any atom is 0.109 e. The second-order valence-corrected chi connectivity index (χ2v) is 4.13. The van der Waals surface area contributed by atoms with Crippen molar-refractivity contribution in [2.45, 2.75) is 24.9 Å². The van der Waals surface area contributed by atoms with Gasteiger partial charge in [-0.3, -0.25) is 0 Å². The van der Waals surface area contributed by atoms with Gasteiger partial charge >= 0.3 is 0 Å². The van der Waals surface area contributed by atoms with Gasteiger partial charge in [-0.15, -0.1) is 0 Å². The van der Waals surface area contributed by atoms with Gasteiger partial charge < -0.3 is 14.5 Å². The van der Waals surface area contributed by atoms with Gasteiger partial charge in [0.15, 0.2) is 0 Å². The first-order chi connectivity index (χ1) is 6.91. The number of rotatable bonds is 0. The van der Waals surface area contributed by atoms with Gasteiger partial charge in [-0.2, -0.15) is 0 Å². The van der Waals surface area contributed by atoms with E-state index >= 15 is 0 Å². The lowest BCUT2D eigenvalue weighted by molar-refractivity contribution is -0.0830. The smallest absolute Gasteiger partial charge is 0.109 e. The lowest BCUT2D eigenvalue weighted by Crippen LogP contribution is -2.48. The maximum atomic E-state index is 5.97. The zero-order valence-corrected chi connectivity index (χ0v) is 8.21. The van der Waals surface area contributed by atoms with E-state index in [2.05, 4.69) is 11.4 Å². The van der Waals surface area contributed by atoms with Gasteiger partial charge in [0.1, 0.15) is 11.4 Å². The van der Waals surface area contributed by atoms with Crippen molar-refractivity contribution in [3.8, 4) is 0 Å². The van der Waals surface area contributed by atoms with E-state index < -0.39 is 0 Å². The fourth-order valence-corrected chi connectivity index (χ4v) is 2.60. The van der Waals surface area contributed by atoms with Crippen LogP contribution in [0.4, 0.5) is 0 Å². The van der Waals surface area contributed by atoms with Crippen molar-refractivity contribution in [1.29, 1.82) is 0 Å². The lowest BCUT2D eigenvalue weighted by atomic mass is 9.82. The fraction of sp³-hybridized carbons (Fsp3) is 0.636. The van der Waals surface area contributed by atoms with Crippen LogP contribution in [0.15, 0.2) is 16.7 Å². The summed E-state index contributed by atoms with van der Waals surface area (Å²) < 4.78 is 11.4. The van der Waals surface area contributed by atoms with Gasteiger partial charge in [-0.1, -0.05) is 0 Å². The average molecular weight is 193 g/mol. The molecule has 0 saturated carbocycles. The summed E-state index contributed by atoms with van der Waals surface area (Å²) in [6.45, 7) is 2.71. The topological polar surface area (TPSA) is 34.4 Å². The normalized spacial score (nSPS) is 31.7. The van der Waals surface area contributed by atoms with Crippen LogP contribution >= 0.6 is 0 Å². The molecule has 3 nitrogen and oxygen atoms in total. The maximum absolute atomic E-state index is 5.97. The van der Waals surface area contributed by atoms with Crippen molar-refractivity contribution < 1.29 is 9.15 Å². The molecule has 0 amide bonds. The summed E-state index contributed by atoms with van der Waals surface area (Å²) >= 11 is 0. The third-order valence-corrected chi connectivity index (χ3v) is 3.29. The van der Waals surface area contributed by atoms with E-state index in [9.17, 15) is 0 Å². The summed E-state index contributed by atoms with van der Waals surface area (Å²) in [7, 11) is 0. The first-order valence-corrected chi connectivity index (χ1v) is 5.32. The highest BCUT2D eigenvalue weighted by Crippen LogP contribution is 2.39. The Morgan fingerprint density at radius 1 is 1.43 bits per heavy atom. The van der Waals surface area contributed by atoms with Crippen LogP contribution in [0.2, 0.25) is 0 Å². The van der Waals surface area contributed by atoms with Crippen LogP contribution in [-0.4, -0.2) is 19.7 Å². The molecule has 1 aromatic heterocycles. The monoisotopic (exact) mass is 193 g/mol. The lowest BCUT2D eigenvalue weighted by Gasteiger charge is -2.40. The van der Waals surface area contributed by atoms with Crippen LogP contribution in [-0.2, 0) is 16.8 Å². The van der Waals surface area contributed by atoms with E-state index in [4.69, 9.17) is 9.15 Å². The Morgan fingerprint density at radius 2 is 2.43 bits per heavy atom. The minimum absolute atomic E-state index is 0.0845. The summed E-state index contributed by atoms with van der Waals surface area (Å²) in [4.78, 5) is 0. The van der Waals surface area contributed by atoms with Crippen LogP contribution < -0.4 is 5.32 Å². The quantitative estimate of drug-likeness (QED) is 0.677. The van der Waals surface area contributed by atoms with Crippen LogP contribution in [0.1, 0.15) is 24.2 Å². The summed E-state index contributed by atoms with van der Waals surface area (Å²) in [6, 6.07) is 2.07. The Hall–Kier alpha value is -0.800. The van der Waals surface area contributed by atoms with Crippen molar-refractivity contribution in [2.75, 3.05) is 19.7 Å². The number of fused-ring (bicyclic) bond motifs is 2. The second-order valence-electron chi connectivity index (χ2n) is 4.13. The van der Waals surface area contributed by atoms with Gasteiger partial charge in [0.2, 0.25) is 0 Å². The minimum atomic E-state index is -0.0845. The Labute approximate surface area is 83.4 Å². The molecule has 1 aromatic rings. The van der Waals surface area contributed by atoms with E-state index in [-0.39, 0.29) is 5.60 Å². The van der Waals surface area contributed by atoms with E-state index in [1.165, 1.54) is 12.0 Å². The predicted molar refractivity (Wildman–Crippen MR) is 52.1 cm³/mol. The van der Waals surface area contributed by atoms with Gasteiger partial charge in [0, 0.05) is 25.1 Å². The number of morpholine rings is 1. The molecule has 0 bridgehead atoms. The molecular formula is C11H15NO2. The van der Waals surface area contributed by atoms with Crippen molar-refractivity contribution in [1.82, 2.24) is 5.32 Å². The second kappa shape index (κ2) is 3.11. The van der Waals surface area contributed by atoms with Crippen LogP contribution in [0, 0.1) is 0 Å². The molecule has 14 heavy (non-hydrogen) atoms. The first kappa shape index (κ1) is 8.50. The number of hydrogen-bond acceptors (Lipinski definition) is 3. The standard InChI is InChI=1S/C11H15NO2/c1-2-10-9(3-6-13-10)11(4-1)8-12-5-7-14-11/h3,6,12H,1-2,4-5,7-8H2. The Bertz CT molecular complexity index is 326. The van der Waals surface area contributed by atoms with Gasteiger partial charge in [-0.05, 0) is 18.9 Å². The number of hydrogen-bond donors (Lipinski definition) is 1. The molecular weight excluding hydrogens is 178 g/mol. The summed E-state index contributed by atoms with van der Waals surface area (Å²) in [6.07, 6.45) is 5.14. The minimum Gasteiger partial charge on any atom is -0.469 e. The third kappa shape index (κ3) is 1.12. The largest absolute Gasteiger partial charge is 0.469 e. The van der Waals surface area contributed by atoms with Gasteiger partial charge in [0.25, 0.3) is 0 Å². The average Bonchev–Trinajstić information content (AvgIpc) is 2.69. The molecule has 1 aliphatic carbocycles. The van der Waals surface area contributed by atoms with E-state index in [1.54, 1.807) is 6.26 Å². The highest BCUT2D eigenvalue weighted by Gasteiger charge is 2.40. The number of nitrogens with one attached hydrogen (secondary N) is 1. The molecule has 3 heteroatoms. The van der Waals surface area contributed by atoms with Gasteiger partial charge in [0.05, 0.1) is 12.9 Å². The Balaban J connectivity index is 2.01. The summed E-state index contributed by atoms with van der Waals surface area (Å²) in [5.41, 5.74) is 1.19. The molecule has 1 atom stereocenters. The van der Waals surface area contributed by atoms with Crippen molar-refractivity contribution in [2.24, 2.45) is 0 Å². The molecule has 2 heterocycles. The summed E-state index contributed by atoms with van der Waals surface area (Å²) in [5.74, 6) is 1.12. The number of ether oxygens (including phenoxy) is 1. The van der Waals surface area contributed by atoms with Crippen LogP contribution in [0.5, 0.6) is 0 Å². The third-order valence-electron chi connectivity index (χ3n) is 3.29. The summed E-state index contributed by atoms with van der Waals surface area (Å²) in [5, 5.41) is 3.41. The Kier molecular flexibility index (Phi) is 1.89. The zero-order valence-electron chi connectivity index (χ0n) is 8.21. The molecule has 76 valence electrons. The molecule has 0 radical (unpaired) electrons. The van der Waals surface area contributed by atoms with Crippen molar-refractivity contribution in [3.05, 3.63) is 23.7 Å².